The van der Waals surface area contributed by atoms with E-state index in [0.717, 1.165) is 35.1 Å². The summed E-state index contributed by atoms with van der Waals surface area (Å²) in [6.45, 7) is 0.811. The van der Waals surface area contributed by atoms with E-state index in [9.17, 15) is 0 Å². The van der Waals surface area contributed by atoms with E-state index in [1.165, 1.54) is 0 Å². The number of aromatic nitrogens is 5. The van der Waals surface area contributed by atoms with Gasteiger partial charge in [-0.15, -0.1) is 10.2 Å². The van der Waals surface area contributed by atoms with E-state index in [2.05, 4.69) is 20.2 Å². The molecule has 3 rings (SSSR count). The Morgan fingerprint density at radius 3 is 2.86 bits per heavy atom. The summed E-state index contributed by atoms with van der Waals surface area (Å²) >= 11 is 7.42. The zero-order valence-electron chi connectivity index (χ0n) is 11.8. The van der Waals surface area contributed by atoms with Gasteiger partial charge in [0.05, 0.1) is 0 Å². The number of nitrogens with zero attached hydrogens (tertiary/aromatic N) is 5. The Morgan fingerprint density at radius 2 is 2.09 bits per heavy atom. The van der Waals surface area contributed by atoms with Gasteiger partial charge in [0.2, 0.25) is 0 Å². The van der Waals surface area contributed by atoms with E-state index >= 15 is 0 Å². The quantitative estimate of drug-likeness (QED) is 0.512. The number of thioether (sulfide) groups is 1. The van der Waals surface area contributed by atoms with Crippen molar-refractivity contribution in [2.24, 2.45) is 0 Å². The minimum Gasteiger partial charge on any atom is -0.308 e. The average Bonchev–Trinajstić information content (AvgIpc) is 3.01. The molecule has 0 radical (unpaired) electrons. The lowest BCUT2D eigenvalue weighted by atomic mass is 10.3. The normalized spacial score (nSPS) is 10.8. The van der Waals surface area contributed by atoms with E-state index in [4.69, 9.17) is 11.6 Å². The first kappa shape index (κ1) is 15.0. The van der Waals surface area contributed by atoms with Crippen LogP contribution in [0.25, 0.3) is 0 Å². The Balaban J connectivity index is 1.58. The van der Waals surface area contributed by atoms with Crippen LogP contribution < -0.4 is 0 Å². The SMILES string of the molecule is Clc1ccc(CSc2nncn2CCc2ccccn2)cn1. The Bertz CT molecular complexity index is 714. The fraction of sp³-hybridized carbons (Fsp3) is 0.200. The van der Waals surface area contributed by atoms with Crippen molar-refractivity contribution in [3.8, 4) is 0 Å². The van der Waals surface area contributed by atoms with Crippen LogP contribution in [-0.4, -0.2) is 24.7 Å². The number of pyridine rings is 2. The van der Waals surface area contributed by atoms with Gasteiger partial charge < -0.3 is 4.57 Å². The summed E-state index contributed by atoms with van der Waals surface area (Å²) in [4.78, 5) is 8.41. The molecule has 0 saturated heterocycles. The Kier molecular flexibility index (Phi) is 5.03. The van der Waals surface area contributed by atoms with Crippen molar-refractivity contribution in [2.75, 3.05) is 0 Å². The first-order chi connectivity index (χ1) is 10.8. The van der Waals surface area contributed by atoms with Crippen molar-refractivity contribution in [3.63, 3.8) is 0 Å². The third-order valence-electron chi connectivity index (χ3n) is 3.07. The largest absolute Gasteiger partial charge is 0.308 e. The van der Waals surface area contributed by atoms with Crippen LogP contribution in [0.1, 0.15) is 11.3 Å². The highest BCUT2D eigenvalue weighted by Gasteiger charge is 2.06. The molecule has 0 fully saturated rings. The van der Waals surface area contributed by atoms with Crippen LogP contribution in [0.2, 0.25) is 5.15 Å². The second-order valence-electron chi connectivity index (χ2n) is 4.66. The molecule has 3 heterocycles. The van der Waals surface area contributed by atoms with Crippen LogP contribution in [0.15, 0.2) is 54.2 Å². The molecule has 0 aliphatic rings. The minimum absolute atomic E-state index is 0.507. The molecule has 3 aromatic rings. The average molecular weight is 332 g/mol. The van der Waals surface area contributed by atoms with Gasteiger partial charge in [-0.2, -0.15) is 0 Å². The van der Waals surface area contributed by atoms with E-state index in [1.807, 2.05) is 35.0 Å². The maximum Gasteiger partial charge on any atom is 0.191 e. The van der Waals surface area contributed by atoms with Gasteiger partial charge in [0.25, 0.3) is 0 Å². The molecule has 0 unspecified atom stereocenters. The maximum atomic E-state index is 5.79. The summed E-state index contributed by atoms with van der Waals surface area (Å²) in [6.07, 6.45) is 6.20. The number of hydrogen-bond acceptors (Lipinski definition) is 5. The van der Waals surface area contributed by atoms with Crippen LogP contribution >= 0.6 is 23.4 Å². The van der Waals surface area contributed by atoms with Crippen molar-refractivity contribution in [3.05, 3.63) is 65.5 Å². The first-order valence-corrected chi connectivity index (χ1v) is 8.18. The van der Waals surface area contributed by atoms with Gasteiger partial charge in [-0.1, -0.05) is 35.5 Å². The number of aryl methyl sites for hydroxylation is 2. The van der Waals surface area contributed by atoms with Gasteiger partial charge in [-0.25, -0.2) is 4.98 Å². The number of rotatable bonds is 6. The van der Waals surface area contributed by atoms with Crippen molar-refractivity contribution in [1.82, 2.24) is 24.7 Å². The highest BCUT2D eigenvalue weighted by Crippen LogP contribution is 2.21. The van der Waals surface area contributed by atoms with Crippen LogP contribution in [0.4, 0.5) is 0 Å². The maximum absolute atomic E-state index is 5.79. The second kappa shape index (κ2) is 7.38. The van der Waals surface area contributed by atoms with E-state index in [-0.39, 0.29) is 0 Å². The van der Waals surface area contributed by atoms with Gasteiger partial charge in [0.1, 0.15) is 11.5 Å². The van der Waals surface area contributed by atoms with Crippen LogP contribution in [-0.2, 0) is 18.7 Å². The molecule has 0 atom stereocenters. The smallest absolute Gasteiger partial charge is 0.191 e. The molecule has 5 nitrogen and oxygen atoms in total. The monoisotopic (exact) mass is 331 g/mol. The molecule has 0 aliphatic heterocycles. The Hall–Kier alpha value is -1.92. The third kappa shape index (κ3) is 4.05. The van der Waals surface area contributed by atoms with Gasteiger partial charge in [0.15, 0.2) is 5.16 Å². The van der Waals surface area contributed by atoms with Gasteiger partial charge in [-0.05, 0) is 23.8 Å². The minimum atomic E-state index is 0.507. The topological polar surface area (TPSA) is 56.5 Å². The fourth-order valence-electron chi connectivity index (χ4n) is 1.93. The van der Waals surface area contributed by atoms with Crippen LogP contribution in [0, 0.1) is 0 Å². The molecule has 112 valence electrons. The molecule has 0 aromatic carbocycles. The molecule has 22 heavy (non-hydrogen) atoms. The third-order valence-corrected chi connectivity index (χ3v) is 4.35. The van der Waals surface area contributed by atoms with E-state index in [0.29, 0.717) is 5.15 Å². The predicted octanol–water partition coefficient (Wildman–Crippen LogP) is 3.26. The van der Waals surface area contributed by atoms with Gasteiger partial charge >= 0.3 is 0 Å². The molecule has 0 bridgehead atoms. The number of halogens is 1. The highest BCUT2D eigenvalue weighted by molar-refractivity contribution is 7.98. The molecule has 7 heteroatoms. The summed E-state index contributed by atoms with van der Waals surface area (Å²) in [6, 6.07) is 9.71. The van der Waals surface area contributed by atoms with Crippen LogP contribution in [0.3, 0.4) is 0 Å². The van der Waals surface area contributed by atoms with Crippen LogP contribution in [0.5, 0.6) is 0 Å². The molecule has 0 amide bonds. The summed E-state index contributed by atoms with van der Waals surface area (Å²) in [5, 5.41) is 9.57. The lowest BCUT2D eigenvalue weighted by molar-refractivity contribution is 0.626. The molecule has 3 aromatic heterocycles. The van der Waals surface area contributed by atoms with E-state index in [1.54, 1.807) is 30.4 Å². The molecular formula is C15H14ClN5S. The zero-order chi connectivity index (χ0) is 15.2. The molecule has 0 aliphatic carbocycles. The van der Waals surface area contributed by atoms with Crippen molar-refractivity contribution < 1.29 is 0 Å². The highest BCUT2D eigenvalue weighted by atomic mass is 35.5. The van der Waals surface area contributed by atoms with Gasteiger partial charge in [-0.3, -0.25) is 4.98 Å². The lowest BCUT2D eigenvalue weighted by Gasteiger charge is -2.06. The second-order valence-corrected chi connectivity index (χ2v) is 5.99. The summed E-state index contributed by atoms with van der Waals surface area (Å²) < 4.78 is 2.04. The van der Waals surface area contributed by atoms with E-state index < -0.39 is 0 Å². The number of hydrogen-bond donors (Lipinski definition) is 0. The van der Waals surface area contributed by atoms with Gasteiger partial charge in [0, 0.05) is 36.8 Å². The molecule has 0 saturated carbocycles. The Morgan fingerprint density at radius 1 is 1.14 bits per heavy atom. The van der Waals surface area contributed by atoms with Crippen molar-refractivity contribution >= 4 is 23.4 Å². The molecule has 0 spiro atoms. The molecular weight excluding hydrogens is 318 g/mol. The summed E-state index contributed by atoms with van der Waals surface area (Å²) in [5.74, 6) is 0.784. The molecule has 0 N–H and O–H groups in total. The summed E-state index contributed by atoms with van der Waals surface area (Å²) in [5.41, 5.74) is 2.17. The first-order valence-electron chi connectivity index (χ1n) is 6.82. The van der Waals surface area contributed by atoms with Crippen molar-refractivity contribution in [2.45, 2.75) is 23.9 Å². The fourth-order valence-corrected chi connectivity index (χ4v) is 2.92. The standard InChI is InChI=1S/C15H14ClN5S/c16-14-5-4-12(9-18-14)10-22-15-20-19-11-21(15)8-6-13-3-1-2-7-17-13/h1-5,7,9,11H,6,8,10H2. The van der Waals surface area contributed by atoms with Crippen molar-refractivity contribution in [1.29, 1.82) is 0 Å². The predicted molar refractivity (Wildman–Crippen MR) is 86.8 cm³/mol. The summed E-state index contributed by atoms with van der Waals surface area (Å²) in [7, 11) is 0. The Labute approximate surface area is 137 Å². The lowest BCUT2D eigenvalue weighted by Crippen LogP contribution is -2.03. The zero-order valence-corrected chi connectivity index (χ0v) is 13.3.